The van der Waals surface area contributed by atoms with Crippen molar-refractivity contribution in [2.24, 2.45) is 0 Å². The monoisotopic (exact) mass is 535 g/mol. The van der Waals surface area contributed by atoms with Gasteiger partial charge in [-0.3, -0.25) is 9.69 Å². The molecular weight excluding hydrogens is 510 g/mol. The Morgan fingerprint density at radius 1 is 0.972 bits per heavy atom. The summed E-state index contributed by atoms with van der Waals surface area (Å²) in [6.45, 7) is 6.19. The number of H-pyrrole nitrogens is 1. The molecule has 1 N–H and O–H groups in total. The second-order valence-corrected chi connectivity index (χ2v) is 10.2. The van der Waals surface area contributed by atoms with E-state index in [1.54, 1.807) is 0 Å². The Hall–Kier alpha value is -3.72. The third-order valence-electron chi connectivity index (χ3n) is 6.78. The summed E-state index contributed by atoms with van der Waals surface area (Å²) in [5.74, 6) is 0. The highest BCUT2D eigenvalue weighted by molar-refractivity contribution is 9.10. The average molecular weight is 536 g/mol. The van der Waals surface area contributed by atoms with Crippen LogP contribution in [0.2, 0.25) is 0 Å². The van der Waals surface area contributed by atoms with Crippen molar-refractivity contribution < 1.29 is 0 Å². The van der Waals surface area contributed by atoms with Crippen molar-refractivity contribution in [1.29, 1.82) is 5.26 Å². The van der Waals surface area contributed by atoms with Crippen LogP contribution < -0.4 is 5.56 Å². The lowest BCUT2D eigenvalue weighted by Crippen LogP contribution is -2.33. The Bertz CT molecular complexity index is 1580. The number of pyridine rings is 1. The van der Waals surface area contributed by atoms with Crippen LogP contribution in [0.1, 0.15) is 39.1 Å². The molecule has 4 nitrogen and oxygen atoms in total. The second kappa shape index (κ2) is 10.1. The number of rotatable bonds is 4. The van der Waals surface area contributed by atoms with Crippen molar-refractivity contribution in [3.05, 3.63) is 127 Å². The van der Waals surface area contributed by atoms with Gasteiger partial charge in [-0.15, -0.1) is 0 Å². The maximum atomic E-state index is 13.2. The second-order valence-electron chi connectivity index (χ2n) is 9.28. The molecule has 0 radical (unpaired) electrons. The molecule has 0 saturated carbocycles. The molecule has 0 fully saturated rings. The summed E-state index contributed by atoms with van der Waals surface area (Å²) in [6, 6.07) is 26.8. The Balaban J connectivity index is 1.73. The number of hydrogen-bond acceptors (Lipinski definition) is 3. The van der Waals surface area contributed by atoms with Crippen LogP contribution in [0.15, 0.2) is 82.1 Å². The van der Waals surface area contributed by atoms with Gasteiger partial charge in [-0.1, -0.05) is 76.6 Å². The molecule has 36 heavy (non-hydrogen) atoms. The fourth-order valence-electron chi connectivity index (χ4n) is 4.94. The van der Waals surface area contributed by atoms with Crippen LogP contribution in [-0.4, -0.2) is 16.4 Å². The lowest BCUT2D eigenvalue weighted by molar-refractivity contribution is 0.282. The third kappa shape index (κ3) is 4.70. The average Bonchev–Trinajstić information content (AvgIpc) is 2.87. The normalized spacial score (nSPS) is 14.4. The predicted octanol–water partition coefficient (Wildman–Crippen LogP) is 6.85. The van der Waals surface area contributed by atoms with Crippen LogP contribution in [0.3, 0.4) is 0 Å². The molecule has 0 aliphatic carbocycles. The van der Waals surface area contributed by atoms with E-state index in [-0.39, 0.29) is 11.1 Å². The van der Waals surface area contributed by atoms with E-state index in [2.05, 4.69) is 81.3 Å². The molecule has 5 rings (SSSR count). The summed E-state index contributed by atoms with van der Waals surface area (Å²) >= 11 is 3.52. The van der Waals surface area contributed by atoms with Crippen molar-refractivity contribution in [2.75, 3.05) is 6.54 Å². The number of aryl methyl sites for hydroxylation is 2. The molecule has 2 heterocycles. The van der Waals surface area contributed by atoms with E-state index in [0.717, 1.165) is 50.1 Å². The van der Waals surface area contributed by atoms with Gasteiger partial charge in [0.15, 0.2) is 0 Å². The van der Waals surface area contributed by atoms with Gasteiger partial charge in [-0.05, 0) is 71.0 Å². The third-order valence-corrected chi connectivity index (χ3v) is 7.31. The molecule has 0 spiro atoms. The molecule has 1 aliphatic rings. The Labute approximate surface area is 219 Å². The van der Waals surface area contributed by atoms with E-state index < -0.39 is 0 Å². The van der Waals surface area contributed by atoms with E-state index >= 15 is 0 Å². The number of fused-ring (bicyclic) bond motifs is 1. The number of hydrogen-bond donors (Lipinski definition) is 1. The van der Waals surface area contributed by atoms with Crippen LogP contribution >= 0.6 is 15.9 Å². The minimum atomic E-state index is -0.341. The first-order valence-corrected chi connectivity index (χ1v) is 12.7. The molecule has 1 aliphatic heterocycles. The topological polar surface area (TPSA) is 59.9 Å². The number of nitriles is 1. The molecule has 3 aromatic carbocycles. The zero-order valence-electron chi connectivity index (χ0n) is 20.3. The van der Waals surface area contributed by atoms with E-state index in [0.29, 0.717) is 13.1 Å². The SMILES string of the molecule is Cc1ccccc1/C=C1/CN(Cc2ccc(Br)cc2)Cc2c1[nH]c(=O)c(C#N)c2-c1ccccc1C. The number of nitrogens with zero attached hydrogens (tertiary/aromatic N) is 2. The Kier molecular flexibility index (Phi) is 6.73. The van der Waals surface area contributed by atoms with Crippen molar-refractivity contribution in [2.45, 2.75) is 26.9 Å². The molecule has 178 valence electrons. The van der Waals surface area contributed by atoms with Crippen molar-refractivity contribution in [3.63, 3.8) is 0 Å². The quantitative estimate of drug-likeness (QED) is 0.310. The summed E-state index contributed by atoms with van der Waals surface area (Å²) in [5, 5.41) is 10.0. The first-order valence-electron chi connectivity index (χ1n) is 11.9. The fourth-order valence-corrected chi connectivity index (χ4v) is 5.21. The zero-order chi connectivity index (χ0) is 25.2. The minimum absolute atomic E-state index is 0.170. The largest absolute Gasteiger partial charge is 0.321 e. The lowest BCUT2D eigenvalue weighted by Gasteiger charge is -2.32. The minimum Gasteiger partial charge on any atom is -0.321 e. The molecule has 5 heteroatoms. The first kappa shape index (κ1) is 24.0. The standard InChI is InChI=1S/C31H26BrN3O/c1-20-7-3-5-9-23(20)15-24-18-35(17-22-11-13-25(32)14-12-22)19-28-29(26-10-6-4-8-21(26)2)27(16-33)31(36)34-30(24)28/h3-15H,17-19H2,1-2H3,(H,34,36)/b24-15-. The maximum Gasteiger partial charge on any atom is 0.266 e. The number of aromatic nitrogens is 1. The van der Waals surface area contributed by atoms with Gasteiger partial charge in [-0.25, -0.2) is 0 Å². The van der Waals surface area contributed by atoms with Crippen molar-refractivity contribution in [3.8, 4) is 17.2 Å². The van der Waals surface area contributed by atoms with E-state index in [1.807, 2.05) is 43.3 Å². The van der Waals surface area contributed by atoms with Gasteiger partial charge in [0.1, 0.15) is 11.6 Å². The highest BCUT2D eigenvalue weighted by atomic mass is 79.9. The lowest BCUT2D eigenvalue weighted by atomic mass is 9.87. The van der Waals surface area contributed by atoms with Crippen LogP contribution in [-0.2, 0) is 13.1 Å². The van der Waals surface area contributed by atoms with Gasteiger partial charge < -0.3 is 4.98 Å². The summed E-state index contributed by atoms with van der Waals surface area (Å²) in [6.07, 6.45) is 2.17. The molecule has 0 unspecified atom stereocenters. The number of aromatic amines is 1. The molecule has 0 atom stereocenters. The Morgan fingerprint density at radius 3 is 2.36 bits per heavy atom. The Morgan fingerprint density at radius 2 is 1.67 bits per heavy atom. The number of nitrogens with one attached hydrogen (secondary N) is 1. The summed E-state index contributed by atoms with van der Waals surface area (Å²) in [7, 11) is 0. The maximum absolute atomic E-state index is 13.2. The van der Waals surface area contributed by atoms with Gasteiger partial charge in [0, 0.05) is 29.7 Å². The van der Waals surface area contributed by atoms with E-state index in [4.69, 9.17) is 0 Å². The van der Waals surface area contributed by atoms with Gasteiger partial charge in [0.2, 0.25) is 0 Å². The van der Waals surface area contributed by atoms with Gasteiger partial charge in [-0.2, -0.15) is 5.26 Å². The smallest absolute Gasteiger partial charge is 0.266 e. The van der Waals surface area contributed by atoms with Gasteiger partial charge in [0.25, 0.3) is 5.56 Å². The molecule has 0 saturated heterocycles. The highest BCUT2D eigenvalue weighted by Crippen LogP contribution is 2.37. The van der Waals surface area contributed by atoms with E-state index in [9.17, 15) is 10.1 Å². The van der Waals surface area contributed by atoms with Crippen LogP contribution in [0.5, 0.6) is 0 Å². The summed E-state index contributed by atoms with van der Waals surface area (Å²) < 4.78 is 1.05. The molecule has 4 aromatic rings. The first-order chi connectivity index (χ1) is 17.4. The molecule has 0 amide bonds. The predicted molar refractivity (Wildman–Crippen MR) is 149 cm³/mol. The fraction of sp³-hybridized carbons (Fsp3) is 0.161. The molecular formula is C31H26BrN3O. The van der Waals surface area contributed by atoms with Gasteiger partial charge in [0.05, 0.1) is 5.69 Å². The van der Waals surface area contributed by atoms with Crippen LogP contribution in [0, 0.1) is 25.2 Å². The van der Waals surface area contributed by atoms with E-state index in [1.165, 1.54) is 11.1 Å². The molecule has 1 aromatic heterocycles. The summed E-state index contributed by atoms with van der Waals surface area (Å²) in [4.78, 5) is 18.6. The highest BCUT2D eigenvalue weighted by Gasteiger charge is 2.28. The zero-order valence-corrected chi connectivity index (χ0v) is 21.9. The van der Waals surface area contributed by atoms with Crippen LogP contribution in [0.4, 0.5) is 0 Å². The number of halogens is 1. The summed E-state index contributed by atoms with van der Waals surface area (Å²) in [5.41, 5.74) is 8.89. The molecule has 0 bridgehead atoms. The number of benzene rings is 3. The van der Waals surface area contributed by atoms with Crippen molar-refractivity contribution >= 4 is 27.6 Å². The van der Waals surface area contributed by atoms with Crippen molar-refractivity contribution in [1.82, 2.24) is 9.88 Å². The van der Waals surface area contributed by atoms with Gasteiger partial charge >= 0.3 is 0 Å². The van der Waals surface area contributed by atoms with Crippen LogP contribution in [0.25, 0.3) is 22.8 Å².